The molecule has 4 aliphatic heterocycles. The molecule has 0 unspecified atom stereocenters. The molecule has 176 valence electrons. The van der Waals surface area contributed by atoms with E-state index in [0.717, 1.165) is 12.0 Å². The van der Waals surface area contributed by atoms with E-state index in [1.165, 1.54) is 5.56 Å². The number of rotatable bonds is 5. The van der Waals surface area contributed by atoms with Crippen molar-refractivity contribution in [1.29, 1.82) is 0 Å². The first-order chi connectivity index (χ1) is 16.0. The molecule has 7 heteroatoms. The molecular weight excluding hydrogens is 422 g/mol. The summed E-state index contributed by atoms with van der Waals surface area (Å²) >= 11 is 0. The fourth-order valence-electron chi connectivity index (χ4n) is 5.57. The summed E-state index contributed by atoms with van der Waals surface area (Å²) in [6, 6.07) is 20.5. The van der Waals surface area contributed by atoms with Crippen LogP contribution in [-0.4, -0.2) is 60.3 Å². The van der Waals surface area contributed by atoms with Gasteiger partial charge in [-0.05, 0) is 31.4 Å². The molecule has 4 heterocycles. The molecule has 4 aliphatic rings. The van der Waals surface area contributed by atoms with Crippen LogP contribution in [-0.2, 0) is 41.7 Å². The van der Waals surface area contributed by atoms with Gasteiger partial charge in [-0.1, -0.05) is 60.7 Å². The van der Waals surface area contributed by atoms with Crippen LogP contribution in [0.3, 0.4) is 0 Å². The Hall–Kier alpha value is -1.84. The van der Waals surface area contributed by atoms with Gasteiger partial charge in [-0.25, -0.2) is 0 Å². The largest absolute Gasteiger partial charge is 0.375 e. The highest BCUT2D eigenvalue weighted by molar-refractivity contribution is 5.18. The molecule has 2 bridgehead atoms. The Kier molecular flexibility index (Phi) is 5.54. The molecule has 6 atom stereocenters. The molecule has 7 nitrogen and oxygen atoms in total. The zero-order valence-corrected chi connectivity index (χ0v) is 19.1. The maximum Gasteiger partial charge on any atom is 0.190 e. The van der Waals surface area contributed by atoms with E-state index in [2.05, 4.69) is 41.5 Å². The van der Waals surface area contributed by atoms with Crippen molar-refractivity contribution in [3.8, 4) is 0 Å². The van der Waals surface area contributed by atoms with Crippen LogP contribution in [0.15, 0.2) is 60.7 Å². The molecule has 0 aromatic heterocycles. The van der Waals surface area contributed by atoms with Crippen molar-refractivity contribution in [3.05, 3.63) is 71.8 Å². The van der Waals surface area contributed by atoms with Crippen LogP contribution in [0.5, 0.6) is 0 Å². The summed E-state index contributed by atoms with van der Waals surface area (Å²) in [7, 11) is 0. The first kappa shape index (κ1) is 21.7. The maximum atomic E-state index is 6.71. The molecule has 0 amide bonds. The lowest BCUT2D eigenvalue weighted by Gasteiger charge is -2.43. The predicted octanol–water partition coefficient (Wildman–Crippen LogP) is 3.42. The number of hydroxylamine groups is 2. The summed E-state index contributed by atoms with van der Waals surface area (Å²) in [5.74, 6) is -0.727. The van der Waals surface area contributed by atoms with E-state index in [4.69, 9.17) is 28.5 Å². The van der Waals surface area contributed by atoms with E-state index >= 15 is 0 Å². The molecule has 4 fully saturated rings. The first-order valence-corrected chi connectivity index (χ1v) is 11.8. The summed E-state index contributed by atoms with van der Waals surface area (Å²) in [5.41, 5.74) is 1.53. The average Bonchev–Trinajstić information content (AvgIpc) is 3.37. The fraction of sp³-hybridized carbons (Fsp3) is 0.538. The Morgan fingerprint density at radius 2 is 1.67 bits per heavy atom. The molecule has 0 radical (unpaired) electrons. The lowest BCUT2D eigenvalue weighted by atomic mass is 9.85. The van der Waals surface area contributed by atoms with E-state index in [1.807, 2.05) is 38.1 Å². The first-order valence-electron chi connectivity index (χ1n) is 11.8. The lowest BCUT2D eigenvalue weighted by Crippen LogP contribution is -2.60. The standard InChI is InChI=1S/C26H31NO6/c1-25(2)30-22-23(29-15-19-11-7-4-8-12-19)26(32-24(22)31-25)17-28-16-20-13-21(26)27(33-20)14-18-9-5-3-6-10-18/h3-12,20-24H,13-17H2,1-2H3/t20-,21+,22-,23-,24+,26-/m1/s1. The van der Waals surface area contributed by atoms with Crippen LogP contribution in [0.4, 0.5) is 0 Å². The van der Waals surface area contributed by atoms with Crippen molar-refractivity contribution in [2.24, 2.45) is 0 Å². The normalized spacial score (nSPS) is 37.3. The number of benzene rings is 2. The van der Waals surface area contributed by atoms with Crippen LogP contribution < -0.4 is 0 Å². The van der Waals surface area contributed by atoms with Crippen molar-refractivity contribution in [3.63, 3.8) is 0 Å². The van der Waals surface area contributed by atoms with Crippen molar-refractivity contribution in [2.45, 2.75) is 75.5 Å². The van der Waals surface area contributed by atoms with Gasteiger partial charge in [-0.15, -0.1) is 0 Å². The second-order valence-corrected chi connectivity index (χ2v) is 9.81. The Bertz CT molecular complexity index is 956. The van der Waals surface area contributed by atoms with Gasteiger partial charge in [0.2, 0.25) is 0 Å². The zero-order chi connectivity index (χ0) is 22.5. The topological polar surface area (TPSA) is 58.6 Å². The highest BCUT2D eigenvalue weighted by Gasteiger charge is 2.68. The van der Waals surface area contributed by atoms with Gasteiger partial charge < -0.3 is 23.7 Å². The van der Waals surface area contributed by atoms with Crippen LogP contribution in [0.2, 0.25) is 0 Å². The van der Waals surface area contributed by atoms with Gasteiger partial charge in [0.15, 0.2) is 12.1 Å². The molecule has 2 aromatic rings. The van der Waals surface area contributed by atoms with Crippen molar-refractivity contribution in [1.82, 2.24) is 5.06 Å². The lowest BCUT2D eigenvalue weighted by molar-refractivity contribution is -0.294. The summed E-state index contributed by atoms with van der Waals surface area (Å²) in [5, 5.41) is 2.06. The molecule has 0 N–H and O–H groups in total. The second-order valence-electron chi connectivity index (χ2n) is 9.81. The van der Waals surface area contributed by atoms with E-state index < -0.39 is 17.7 Å². The summed E-state index contributed by atoms with van der Waals surface area (Å²) < 4.78 is 31.9. The van der Waals surface area contributed by atoms with Crippen molar-refractivity contribution < 1.29 is 28.5 Å². The van der Waals surface area contributed by atoms with Gasteiger partial charge in [0.1, 0.15) is 23.9 Å². The molecule has 1 spiro atoms. The minimum absolute atomic E-state index is 0.00446. The third-order valence-electron chi connectivity index (χ3n) is 6.97. The minimum Gasteiger partial charge on any atom is -0.375 e. The van der Waals surface area contributed by atoms with E-state index in [0.29, 0.717) is 26.4 Å². The number of fused-ring (bicyclic) bond motifs is 4. The molecule has 0 aliphatic carbocycles. The fourth-order valence-corrected chi connectivity index (χ4v) is 5.57. The zero-order valence-electron chi connectivity index (χ0n) is 19.1. The highest BCUT2D eigenvalue weighted by Crippen LogP contribution is 2.50. The summed E-state index contributed by atoms with van der Waals surface area (Å²) in [4.78, 5) is 6.32. The molecule has 33 heavy (non-hydrogen) atoms. The Balaban J connectivity index is 1.32. The molecular formula is C26H31NO6. The highest BCUT2D eigenvalue weighted by atomic mass is 16.9. The number of nitrogens with zero attached hydrogens (tertiary/aromatic N) is 1. The quantitative estimate of drug-likeness (QED) is 0.688. The van der Waals surface area contributed by atoms with Crippen LogP contribution >= 0.6 is 0 Å². The number of hydrogen-bond acceptors (Lipinski definition) is 7. The predicted molar refractivity (Wildman–Crippen MR) is 119 cm³/mol. The maximum absolute atomic E-state index is 6.71. The smallest absolute Gasteiger partial charge is 0.190 e. The molecule has 6 rings (SSSR count). The van der Waals surface area contributed by atoms with E-state index in [-0.39, 0.29) is 24.4 Å². The van der Waals surface area contributed by atoms with Crippen molar-refractivity contribution in [2.75, 3.05) is 13.2 Å². The average molecular weight is 454 g/mol. The van der Waals surface area contributed by atoms with Crippen molar-refractivity contribution >= 4 is 0 Å². The van der Waals surface area contributed by atoms with E-state index in [1.54, 1.807) is 0 Å². The molecule has 4 saturated heterocycles. The summed E-state index contributed by atoms with van der Waals surface area (Å²) in [6.45, 7) is 5.88. The minimum atomic E-state index is -0.763. The monoisotopic (exact) mass is 453 g/mol. The number of hydrogen-bond donors (Lipinski definition) is 0. The van der Waals surface area contributed by atoms with Gasteiger partial charge in [0.05, 0.1) is 25.9 Å². The van der Waals surface area contributed by atoms with Gasteiger partial charge in [0, 0.05) is 6.54 Å². The number of ether oxygens (including phenoxy) is 5. The van der Waals surface area contributed by atoms with Gasteiger partial charge >= 0.3 is 0 Å². The molecule has 2 aromatic carbocycles. The Labute approximate surface area is 194 Å². The van der Waals surface area contributed by atoms with Crippen LogP contribution in [0.1, 0.15) is 31.4 Å². The third-order valence-corrected chi connectivity index (χ3v) is 6.97. The second kappa shape index (κ2) is 8.43. The Morgan fingerprint density at radius 1 is 0.939 bits per heavy atom. The van der Waals surface area contributed by atoms with Gasteiger partial charge in [-0.2, -0.15) is 5.06 Å². The SMILES string of the molecule is CC1(C)O[C@H]2O[C@@]3(COC[C@H]4C[C@@H]3N(Cc3ccccc3)O4)[C@H](OCc3ccccc3)[C@H]2O1. The van der Waals surface area contributed by atoms with Crippen LogP contribution in [0, 0.1) is 0 Å². The van der Waals surface area contributed by atoms with Gasteiger partial charge in [0.25, 0.3) is 0 Å². The van der Waals surface area contributed by atoms with Crippen LogP contribution in [0.25, 0.3) is 0 Å². The van der Waals surface area contributed by atoms with Gasteiger partial charge in [-0.3, -0.25) is 4.84 Å². The Morgan fingerprint density at radius 3 is 2.42 bits per heavy atom. The third kappa shape index (κ3) is 4.02. The summed E-state index contributed by atoms with van der Waals surface area (Å²) in [6.07, 6.45) is -0.424. The molecule has 0 saturated carbocycles. The van der Waals surface area contributed by atoms with E-state index in [9.17, 15) is 0 Å².